The fourth-order valence-electron chi connectivity index (χ4n) is 3.13. The summed E-state index contributed by atoms with van der Waals surface area (Å²) in [5.41, 5.74) is 1.42. The van der Waals surface area contributed by atoms with Crippen LogP contribution in [0.1, 0.15) is 13.8 Å². The van der Waals surface area contributed by atoms with Gasteiger partial charge in [0.15, 0.2) is 0 Å². The van der Waals surface area contributed by atoms with Crippen molar-refractivity contribution in [1.82, 2.24) is 9.88 Å². The maximum Gasteiger partial charge on any atom is 0.241 e. The van der Waals surface area contributed by atoms with Crippen LogP contribution in [0.15, 0.2) is 48.7 Å². The zero-order chi connectivity index (χ0) is 19.2. The standard InChI is InChI=1S/C20H25N5O2/c1-15(20(27)23-18-8-6-17(7-9-18)22-16(2)26)24-11-13-25(14-12-24)19-5-3-4-10-21-19/h3-10,15H,11-14H2,1-2H3,(H,22,26)(H,23,27)/t15-/m1/s1. The lowest BCUT2D eigenvalue weighted by Gasteiger charge is -2.37. The molecule has 1 fully saturated rings. The molecule has 0 aliphatic carbocycles. The van der Waals surface area contributed by atoms with Crippen molar-refractivity contribution in [3.63, 3.8) is 0 Å². The van der Waals surface area contributed by atoms with Crippen molar-refractivity contribution in [3.8, 4) is 0 Å². The molecular weight excluding hydrogens is 342 g/mol. The molecule has 0 saturated carbocycles. The summed E-state index contributed by atoms with van der Waals surface area (Å²) < 4.78 is 0. The van der Waals surface area contributed by atoms with E-state index in [0.29, 0.717) is 11.4 Å². The van der Waals surface area contributed by atoms with Gasteiger partial charge in [-0.05, 0) is 43.3 Å². The number of benzene rings is 1. The van der Waals surface area contributed by atoms with Gasteiger partial charge in [0.1, 0.15) is 5.82 Å². The number of amides is 2. The maximum atomic E-state index is 12.6. The highest BCUT2D eigenvalue weighted by Gasteiger charge is 2.26. The second kappa shape index (κ2) is 8.64. The summed E-state index contributed by atoms with van der Waals surface area (Å²) in [6.07, 6.45) is 1.80. The topological polar surface area (TPSA) is 77.6 Å². The molecule has 1 saturated heterocycles. The lowest BCUT2D eigenvalue weighted by atomic mass is 10.2. The third-order valence-electron chi connectivity index (χ3n) is 4.69. The molecule has 7 nitrogen and oxygen atoms in total. The smallest absolute Gasteiger partial charge is 0.241 e. The van der Waals surface area contributed by atoms with Crippen LogP contribution in [0, 0.1) is 0 Å². The van der Waals surface area contributed by atoms with Gasteiger partial charge in [0.25, 0.3) is 0 Å². The van der Waals surface area contributed by atoms with Gasteiger partial charge in [0, 0.05) is 50.7 Å². The van der Waals surface area contributed by atoms with Crippen molar-refractivity contribution >= 4 is 29.0 Å². The SMILES string of the molecule is CC(=O)Nc1ccc(NC(=O)[C@@H](C)N2CCN(c3ccccn3)CC2)cc1. The lowest BCUT2D eigenvalue weighted by Crippen LogP contribution is -2.53. The number of piperazine rings is 1. The molecule has 142 valence electrons. The summed E-state index contributed by atoms with van der Waals surface area (Å²) in [5.74, 6) is 0.826. The van der Waals surface area contributed by atoms with Gasteiger partial charge in [-0.2, -0.15) is 0 Å². The maximum absolute atomic E-state index is 12.6. The molecule has 1 aliphatic rings. The van der Waals surface area contributed by atoms with E-state index in [0.717, 1.165) is 32.0 Å². The van der Waals surface area contributed by atoms with Gasteiger partial charge in [-0.3, -0.25) is 14.5 Å². The Balaban J connectivity index is 1.51. The number of anilines is 3. The van der Waals surface area contributed by atoms with Crippen LogP contribution in [-0.2, 0) is 9.59 Å². The zero-order valence-electron chi connectivity index (χ0n) is 15.7. The summed E-state index contributed by atoms with van der Waals surface area (Å²) in [6, 6.07) is 12.8. The van der Waals surface area contributed by atoms with Crippen molar-refractivity contribution < 1.29 is 9.59 Å². The molecule has 1 aliphatic heterocycles. The number of pyridine rings is 1. The fourth-order valence-corrected chi connectivity index (χ4v) is 3.13. The Kier molecular flexibility index (Phi) is 6.03. The average molecular weight is 367 g/mol. The van der Waals surface area contributed by atoms with Crippen LogP contribution in [0.5, 0.6) is 0 Å². The van der Waals surface area contributed by atoms with E-state index in [2.05, 4.69) is 25.4 Å². The Labute approximate surface area is 159 Å². The number of nitrogens with zero attached hydrogens (tertiary/aromatic N) is 3. The molecule has 2 amide bonds. The van der Waals surface area contributed by atoms with E-state index in [-0.39, 0.29) is 17.9 Å². The van der Waals surface area contributed by atoms with Gasteiger partial charge in [-0.1, -0.05) is 6.07 Å². The molecule has 2 N–H and O–H groups in total. The fraction of sp³-hybridized carbons (Fsp3) is 0.350. The first kappa shape index (κ1) is 18.8. The van der Waals surface area contributed by atoms with Crippen LogP contribution in [0.4, 0.5) is 17.2 Å². The highest BCUT2D eigenvalue weighted by atomic mass is 16.2. The van der Waals surface area contributed by atoms with Crippen molar-refractivity contribution in [2.24, 2.45) is 0 Å². The largest absolute Gasteiger partial charge is 0.354 e. The number of nitrogens with one attached hydrogen (secondary N) is 2. The number of carbonyl (C=O) groups is 2. The predicted octanol–water partition coefficient (Wildman–Crippen LogP) is 2.19. The van der Waals surface area contributed by atoms with Gasteiger partial charge < -0.3 is 15.5 Å². The van der Waals surface area contributed by atoms with E-state index in [1.165, 1.54) is 6.92 Å². The first-order chi connectivity index (χ1) is 13.0. The summed E-state index contributed by atoms with van der Waals surface area (Å²) in [6.45, 7) is 6.71. The lowest BCUT2D eigenvalue weighted by molar-refractivity contribution is -0.121. The van der Waals surface area contributed by atoms with Crippen LogP contribution in [0.25, 0.3) is 0 Å². The first-order valence-electron chi connectivity index (χ1n) is 9.11. The Bertz CT molecular complexity index is 771. The summed E-state index contributed by atoms with van der Waals surface area (Å²) in [5, 5.41) is 5.65. The third-order valence-corrected chi connectivity index (χ3v) is 4.69. The molecule has 1 aromatic heterocycles. The third kappa shape index (κ3) is 5.04. The van der Waals surface area contributed by atoms with Crippen LogP contribution >= 0.6 is 0 Å². The molecule has 2 aromatic rings. The van der Waals surface area contributed by atoms with Crippen molar-refractivity contribution in [2.75, 3.05) is 41.7 Å². The molecule has 0 spiro atoms. The number of carbonyl (C=O) groups excluding carboxylic acids is 2. The van der Waals surface area contributed by atoms with Gasteiger partial charge in [0.05, 0.1) is 6.04 Å². The van der Waals surface area contributed by atoms with E-state index in [4.69, 9.17) is 0 Å². The van der Waals surface area contributed by atoms with E-state index in [1.54, 1.807) is 30.5 Å². The van der Waals surface area contributed by atoms with Gasteiger partial charge in [-0.25, -0.2) is 4.98 Å². The molecule has 0 bridgehead atoms. The summed E-state index contributed by atoms with van der Waals surface area (Å²) in [7, 11) is 0. The van der Waals surface area contributed by atoms with E-state index in [9.17, 15) is 9.59 Å². The Morgan fingerprint density at radius 1 is 0.963 bits per heavy atom. The van der Waals surface area contributed by atoms with Crippen molar-refractivity contribution in [2.45, 2.75) is 19.9 Å². The molecular formula is C20H25N5O2. The van der Waals surface area contributed by atoms with Gasteiger partial charge >= 0.3 is 0 Å². The van der Waals surface area contributed by atoms with Crippen LogP contribution in [0.3, 0.4) is 0 Å². The average Bonchev–Trinajstić information content (AvgIpc) is 2.69. The first-order valence-corrected chi connectivity index (χ1v) is 9.11. The van der Waals surface area contributed by atoms with Crippen molar-refractivity contribution in [3.05, 3.63) is 48.7 Å². The van der Waals surface area contributed by atoms with E-state index < -0.39 is 0 Å². The van der Waals surface area contributed by atoms with Gasteiger partial charge in [-0.15, -0.1) is 0 Å². The molecule has 1 aromatic carbocycles. The summed E-state index contributed by atoms with van der Waals surface area (Å²) >= 11 is 0. The quantitative estimate of drug-likeness (QED) is 0.847. The highest BCUT2D eigenvalue weighted by molar-refractivity contribution is 5.95. The molecule has 27 heavy (non-hydrogen) atoms. The number of hydrogen-bond acceptors (Lipinski definition) is 5. The highest BCUT2D eigenvalue weighted by Crippen LogP contribution is 2.17. The Morgan fingerprint density at radius 2 is 1.59 bits per heavy atom. The molecule has 3 rings (SSSR count). The number of rotatable bonds is 5. The second-order valence-electron chi connectivity index (χ2n) is 6.63. The minimum atomic E-state index is -0.217. The number of aromatic nitrogens is 1. The van der Waals surface area contributed by atoms with E-state index >= 15 is 0 Å². The predicted molar refractivity (Wildman–Crippen MR) is 107 cm³/mol. The van der Waals surface area contributed by atoms with Crippen LogP contribution < -0.4 is 15.5 Å². The van der Waals surface area contributed by atoms with Crippen LogP contribution in [-0.4, -0.2) is 53.9 Å². The monoisotopic (exact) mass is 367 g/mol. The molecule has 0 unspecified atom stereocenters. The summed E-state index contributed by atoms with van der Waals surface area (Å²) in [4.78, 5) is 32.4. The minimum absolute atomic E-state index is 0.0337. The Hall–Kier alpha value is -2.93. The Morgan fingerprint density at radius 3 is 2.15 bits per heavy atom. The molecule has 2 heterocycles. The second-order valence-corrected chi connectivity index (χ2v) is 6.63. The van der Waals surface area contributed by atoms with E-state index in [1.807, 2.05) is 25.1 Å². The van der Waals surface area contributed by atoms with Crippen LogP contribution in [0.2, 0.25) is 0 Å². The number of hydrogen-bond donors (Lipinski definition) is 2. The van der Waals surface area contributed by atoms with Crippen molar-refractivity contribution in [1.29, 1.82) is 0 Å². The molecule has 0 radical (unpaired) electrons. The molecule has 1 atom stereocenters. The minimum Gasteiger partial charge on any atom is -0.354 e. The van der Waals surface area contributed by atoms with Gasteiger partial charge in [0.2, 0.25) is 11.8 Å². The zero-order valence-corrected chi connectivity index (χ0v) is 15.7. The normalized spacial score (nSPS) is 15.9. The molecule has 7 heteroatoms.